The minimum absolute atomic E-state index is 0.0333. The number of amides is 2. The highest BCUT2D eigenvalue weighted by Crippen LogP contribution is 2.21. The van der Waals surface area contributed by atoms with E-state index in [1.807, 2.05) is 0 Å². The molecule has 0 radical (unpaired) electrons. The van der Waals surface area contributed by atoms with E-state index in [9.17, 15) is 14.0 Å². The van der Waals surface area contributed by atoms with Crippen molar-refractivity contribution in [1.29, 1.82) is 0 Å². The van der Waals surface area contributed by atoms with Crippen LogP contribution < -0.4 is 5.32 Å². The van der Waals surface area contributed by atoms with E-state index < -0.39 is 17.8 Å². The van der Waals surface area contributed by atoms with Crippen LogP contribution in [0.3, 0.4) is 0 Å². The SMILES string of the molecule is CC1C(=O)NCCN1C(=O)c1cn(-c2cccc(Cl)c2F)nn1. The molecule has 0 bridgehead atoms. The van der Waals surface area contributed by atoms with E-state index >= 15 is 0 Å². The molecular formula is C14H13ClFN5O2. The molecule has 1 aliphatic heterocycles. The summed E-state index contributed by atoms with van der Waals surface area (Å²) in [5, 5.41) is 10.2. The maximum atomic E-state index is 14.0. The van der Waals surface area contributed by atoms with E-state index in [4.69, 9.17) is 11.6 Å². The summed E-state index contributed by atoms with van der Waals surface area (Å²) in [5.74, 6) is -1.30. The molecule has 9 heteroatoms. The molecule has 7 nitrogen and oxygen atoms in total. The predicted octanol–water partition coefficient (Wildman–Crippen LogP) is 1.02. The average Bonchev–Trinajstić information content (AvgIpc) is 3.02. The van der Waals surface area contributed by atoms with Crippen molar-refractivity contribution in [3.05, 3.63) is 40.9 Å². The van der Waals surface area contributed by atoms with Crippen LogP contribution in [0, 0.1) is 5.82 Å². The van der Waals surface area contributed by atoms with Crippen LogP contribution in [0.2, 0.25) is 5.02 Å². The number of halogens is 2. The van der Waals surface area contributed by atoms with Gasteiger partial charge in [0, 0.05) is 13.1 Å². The number of piperazine rings is 1. The Morgan fingerprint density at radius 1 is 1.48 bits per heavy atom. The van der Waals surface area contributed by atoms with Crippen LogP contribution in [0.1, 0.15) is 17.4 Å². The summed E-state index contributed by atoms with van der Waals surface area (Å²) < 4.78 is 15.1. The van der Waals surface area contributed by atoms with Crippen LogP contribution >= 0.6 is 11.6 Å². The van der Waals surface area contributed by atoms with E-state index in [0.717, 1.165) is 4.68 Å². The van der Waals surface area contributed by atoms with Gasteiger partial charge in [0.15, 0.2) is 11.5 Å². The number of benzene rings is 1. The van der Waals surface area contributed by atoms with Crippen molar-refractivity contribution in [3.8, 4) is 5.69 Å². The molecule has 2 heterocycles. The molecule has 0 spiro atoms. The van der Waals surface area contributed by atoms with Gasteiger partial charge in [-0.25, -0.2) is 9.07 Å². The number of nitrogens with one attached hydrogen (secondary N) is 1. The highest BCUT2D eigenvalue weighted by Gasteiger charge is 2.31. The minimum atomic E-state index is -0.649. The summed E-state index contributed by atoms with van der Waals surface area (Å²) in [5.41, 5.74) is 0.124. The third kappa shape index (κ3) is 2.77. The number of aromatic nitrogens is 3. The molecule has 2 aromatic rings. The second-order valence-electron chi connectivity index (χ2n) is 5.09. The number of rotatable bonds is 2. The number of hydrogen-bond donors (Lipinski definition) is 1. The van der Waals surface area contributed by atoms with Gasteiger partial charge < -0.3 is 10.2 Å². The zero-order chi connectivity index (χ0) is 16.6. The molecule has 1 N–H and O–H groups in total. The topological polar surface area (TPSA) is 80.1 Å². The van der Waals surface area contributed by atoms with E-state index in [1.165, 1.54) is 23.2 Å². The average molecular weight is 338 g/mol. The van der Waals surface area contributed by atoms with Crippen LogP contribution in [-0.2, 0) is 4.79 Å². The van der Waals surface area contributed by atoms with Crippen molar-refractivity contribution in [3.63, 3.8) is 0 Å². The molecule has 1 saturated heterocycles. The zero-order valence-corrected chi connectivity index (χ0v) is 12.9. The van der Waals surface area contributed by atoms with Gasteiger partial charge in [-0.05, 0) is 19.1 Å². The Morgan fingerprint density at radius 2 is 2.26 bits per heavy atom. The number of carbonyl (C=O) groups is 2. The predicted molar refractivity (Wildman–Crippen MR) is 79.8 cm³/mol. The standard InChI is InChI=1S/C14H13ClFN5O2/c1-8-13(22)17-5-6-20(8)14(23)10-7-21(19-18-10)11-4-2-3-9(15)12(11)16/h2-4,7-8H,5-6H2,1H3,(H,17,22). The van der Waals surface area contributed by atoms with E-state index in [0.29, 0.717) is 13.1 Å². The number of carbonyl (C=O) groups excluding carboxylic acids is 2. The molecule has 120 valence electrons. The molecule has 1 atom stereocenters. The Labute approximate surface area is 136 Å². The lowest BCUT2D eigenvalue weighted by atomic mass is 10.2. The Bertz CT molecular complexity index is 778. The first-order chi connectivity index (χ1) is 11.0. The Balaban J connectivity index is 1.88. The molecule has 0 saturated carbocycles. The zero-order valence-electron chi connectivity index (χ0n) is 12.2. The highest BCUT2D eigenvalue weighted by atomic mass is 35.5. The monoisotopic (exact) mass is 337 g/mol. The van der Waals surface area contributed by atoms with E-state index in [2.05, 4.69) is 15.6 Å². The summed E-state index contributed by atoms with van der Waals surface area (Å²) in [6.07, 6.45) is 1.32. The summed E-state index contributed by atoms with van der Waals surface area (Å²) in [7, 11) is 0. The van der Waals surface area contributed by atoms with E-state index in [-0.39, 0.29) is 22.3 Å². The van der Waals surface area contributed by atoms with Crippen molar-refractivity contribution in [2.45, 2.75) is 13.0 Å². The molecule has 1 fully saturated rings. The molecule has 0 aliphatic carbocycles. The third-order valence-corrected chi connectivity index (χ3v) is 3.94. The van der Waals surface area contributed by atoms with Crippen molar-refractivity contribution < 1.29 is 14.0 Å². The molecule has 3 rings (SSSR count). The van der Waals surface area contributed by atoms with Crippen LogP contribution in [0.25, 0.3) is 5.69 Å². The van der Waals surface area contributed by atoms with Crippen LogP contribution in [0.15, 0.2) is 24.4 Å². The first kappa shape index (κ1) is 15.4. The molecule has 1 aromatic carbocycles. The summed E-state index contributed by atoms with van der Waals surface area (Å²) >= 11 is 5.73. The highest BCUT2D eigenvalue weighted by molar-refractivity contribution is 6.30. The molecular weight excluding hydrogens is 325 g/mol. The Hall–Kier alpha value is -2.48. The number of nitrogens with zero attached hydrogens (tertiary/aromatic N) is 4. The normalized spacial score (nSPS) is 18.0. The fraction of sp³-hybridized carbons (Fsp3) is 0.286. The quantitative estimate of drug-likeness (QED) is 0.887. The Morgan fingerprint density at radius 3 is 3.04 bits per heavy atom. The van der Waals surface area contributed by atoms with Gasteiger partial charge in [-0.3, -0.25) is 9.59 Å². The van der Waals surface area contributed by atoms with Crippen molar-refractivity contribution in [1.82, 2.24) is 25.2 Å². The molecule has 1 aliphatic rings. The Kier molecular flexibility index (Phi) is 3.99. The van der Waals surface area contributed by atoms with Gasteiger partial charge in [0.2, 0.25) is 5.91 Å². The fourth-order valence-corrected chi connectivity index (χ4v) is 2.53. The van der Waals surface area contributed by atoms with Gasteiger partial charge in [0.1, 0.15) is 11.7 Å². The first-order valence-corrected chi connectivity index (χ1v) is 7.32. The number of hydrogen-bond acceptors (Lipinski definition) is 4. The van der Waals surface area contributed by atoms with Gasteiger partial charge in [-0.2, -0.15) is 0 Å². The van der Waals surface area contributed by atoms with Crippen molar-refractivity contribution >= 4 is 23.4 Å². The maximum absolute atomic E-state index is 14.0. The summed E-state index contributed by atoms with van der Waals surface area (Å²) in [6.45, 7) is 2.39. The fourth-order valence-electron chi connectivity index (χ4n) is 2.36. The van der Waals surface area contributed by atoms with Gasteiger partial charge in [-0.1, -0.05) is 22.9 Å². The van der Waals surface area contributed by atoms with Gasteiger partial charge in [0.25, 0.3) is 5.91 Å². The van der Waals surface area contributed by atoms with Crippen LogP contribution in [0.4, 0.5) is 4.39 Å². The molecule has 2 amide bonds. The minimum Gasteiger partial charge on any atom is -0.353 e. The maximum Gasteiger partial charge on any atom is 0.276 e. The van der Waals surface area contributed by atoms with Gasteiger partial charge >= 0.3 is 0 Å². The van der Waals surface area contributed by atoms with E-state index in [1.54, 1.807) is 13.0 Å². The van der Waals surface area contributed by atoms with Gasteiger partial charge in [0.05, 0.1) is 11.2 Å². The summed E-state index contributed by atoms with van der Waals surface area (Å²) in [6, 6.07) is 3.86. The van der Waals surface area contributed by atoms with Crippen molar-refractivity contribution in [2.75, 3.05) is 13.1 Å². The smallest absolute Gasteiger partial charge is 0.276 e. The lowest BCUT2D eigenvalue weighted by molar-refractivity contribution is -0.127. The van der Waals surface area contributed by atoms with Crippen LogP contribution in [-0.4, -0.2) is 50.8 Å². The van der Waals surface area contributed by atoms with Crippen LogP contribution in [0.5, 0.6) is 0 Å². The molecule has 1 unspecified atom stereocenters. The second kappa shape index (κ2) is 5.96. The molecule has 1 aromatic heterocycles. The second-order valence-corrected chi connectivity index (χ2v) is 5.49. The summed E-state index contributed by atoms with van der Waals surface area (Å²) in [4.78, 5) is 25.5. The lowest BCUT2D eigenvalue weighted by Gasteiger charge is -2.32. The van der Waals surface area contributed by atoms with Gasteiger partial charge in [-0.15, -0.1) is 5.10 Å². The molecule has 23 heavy (non-hydrogen) atoms. The first-order valence-electron chi connectivity index (χ1n) is 6.94. The largest absolute Gasteiger partial charge is 0.353 e. The lowest BCUT2D eigenvalue weighted by Crippen LogP contribution is -2.55. The third-order valence-electron chi connectivity index (χ3n) is 3.65. The van der Waals surface area contributed by atoms with Crippen molar-refractivity contribution in [2.24, 2.45) is 0 Å².